The number of hydrogen-bond acceptors (Lipinski definition) is 8. The SMILES string of the molecule is Cc1ccccc1-n1nnnc1SCC(=O)c1c(N)n(CC(C)C)c(=O)n(C)c1=O. The van der Waals surface area contributed by atoms with Gasteiger partial charge in [0, 0.05) is 13.6 Å². The number of aryl methyl sites for hydroxylation is 1. The summed E-state index contributed by atoms with van der Waals surface area (Å²) < 4.78 is 3.71. The molecule has 0 spiro atoms. The Hall–Kier alpha value is -3.21. The van der Waals surface area contributed by atoms with Gasteiger partial charge in [-0.3, -0.25) is 18.7 Å². The van der Waals surface area contributed by atoms with Gasteiger partial charge in [-0.2, -0.15) is 4.68 Å². The van der Waals surface area contributed by atoms with Crippen molar-refractivity contribution in [3.63, 3.8) is 0 Å². The summed E-state index contributed by atoms with van der Waals surface area (Å²) in [5.41, 5.74) is 6.38. The minimum atomic E-state index is -0.707. The molecule has 2 N–H and O–H groups in total. The van der Waals surface area contributed by atoms with Gasteiger partial charge in [-0.05, 0) is 34.9 Å². The van der Waals surface area contributed by atoms with Crippen LogP contribution in [0.25, 0.3) is 5.69 Å². The molecule has 0 aliphatic carbocycles. The molecule has 0 amide bonds. The number of carbonyl (C=O) groups is 1. The first-order valence-electron chi connectivity index (χ1n) is 9.32. The summed E-state index contributed by atoms with van der Waals surface area (Å²) in [4.78, 5) is 37.9. The molecule has 0 aliphatic heterocycles. The van der Waals surface area contributed by atoms with Crippen LogP contribution in [0.1, 0.15) is 29.8 Å². The van der Waals surface area contributed by atoms with Gasteiger partial charge in [-0.25, -0.2) is 4.79 Å². The molecule has 0 aliphatic rings. The largest absolute Gasteiger partial charge is 0.384 e. The van der Waals surface area contributed by atoms with E-state index in [0.29, 0.717) is 11.7 Å². The summed E-state index contributed by atoms with van der Waals surface area (Å²) >= 11 is 1.09. The van der Waals surface area contributed by atoms with Crippen molar-refractivity contribution < 1.29 is 4.79 Å². The Morgan fingerprint density at radius 3 is 2.60 bits per heavy atom. The highest BCUT2D eigenvalue weighted by Crippen LogP contribution is 2.21. The second kappa shape index (κ2) is 8.66. The van der Waals surface area contributed by atoms with E-state index in [0.717, 1.165) is 27.6 Å². The Labute approximate surface area is 176 Å². The van der Waals surface area contributed by atoms with Crippen LogP contribution in [0, 0.1) is 12.8 Å². The maximum absolute atomic E-state index is 12.9. The van der Waals surface area contributed by atoms with Gasteiger partial charge in [-0.15, -0.1) is 5.10 Å². The third-order valence-corrected chi connectivity index (χ3v) is 5.45. The van der Waals surface area contributed by atoms with E-state index in [1.807, 2.05) is 45.0 Å². The van der Waals surface area contributed by atoms with Gasteiger partial charge in [0.25, 0.3) is 5.56 Å². The topological polar surface area (TPSA) is 131 Å². The molecule has 0 radical (unpaired) electrons. The minimum Gasteiger partial charge on any atom is -0.384 e. The van der Waals surface area contributed by atoms with E-state index >= 15 is 0 Å². The smallest absolute Gasteiger partial charge is 0.332 e. The normalized spacial score (nSPS) is 11.2. The lowest BCUT2D eigenvalue weighted by Crippen LogP contribution is -2.43. The molecule has 3 aromatic rings. The Bertz CT molecular complexity index is 1210. The number of nitrogens with zero attached hydrogens (tertiary/aromatic N) is 6. The highest BCUT2D eigenvalue weighted by atomic mass is 32.2. The first kappa shape index (κ1) is 21.5. The van der Waals surface area contributed by atoms with Crippen molar-refractivity contribution in [3.8, 4) is 5.69 Å². The van der Waals surface area contributed by atoms with Crippen molar-refractivity contribution in [3.05, 3.63) is 56.2 Å². The number of Topliss-reactive ketones (excluding diaryl/α,β-unsaturated/α-hetero) is 1. The van der Waals surface area contributed by atoms with Gasteiger partial charge >= 0.3 is 5.69 Å². The fourth-order valence-electron chi connectivity index (χ4n) is 3.01. The fraction of sp³-hybridized carbons (Fsp3) is 0.368. The number of para-hydroxylation sites is 1. The van der Waals surface area contributed by atoms with Crippen molar-refractivity contribution in [2.24, 2.45) is 13.0 Å². The van der Waals surface area contributed by atoms with Gasteiger partial charge in [0.15, 0.2) is 5.78 Å². The third kappa shape index (κ3) is 4.06. The number of ketones is 1. The monoisotopic (exact) mass is 429 g/mol. The molecule has 30 heavy (non-hydrogen) atoms. The van der Waals surface area contributed by atoms with Crippen LogP contribution in [-0.4, -0.2) is 40.9 Å². The highest BCUT2D eigenvalue weighted by molar-refractivity contribution is 7.99. The molecule has 0 fully saturated rings. The number of aromatic nitrogens is 6. The molecule has 11 heteroatoms. The van der Waals surface area contributed by atoms with Crippen LogP contribution in [-0.2, 0) is 13.6 Å². The zero-order valence-corrected chi connectivity index (χ0v) is 18.0. The minimum absolute atomic E-state index is 0.106. The van der Waals surface area contributed by atoms with Crippen LogP contribution >= 0.6 is 11.8 Å². The van der Waals surface area contributed by atoms with Crippen molar-refractivity contribution in [1.82, 2.24) is 29.3 Å². The molecule has 2 aromatic heterocycles. The van der Waals surface area contributed by atoms with E-state index in [2.05, 4.69) is 15.5 Å². The average molecular weight is 430 g/mol. The maximum atomic E-state index is 12.9. The molecule has 10 nitrogen and oxygen atoms in total. The fourth-order valence-corrected chi connectivity index (χ4v) is 3.77. The molecular weight excluding hydrogens is 406 g/mol. The number of nitrogens with two attached hydrogens (primary N) is 1. The summed E-state index contributed by atoms with van der Waals surface area (Å²) in [6.07, 6.45) is 0. The van der Waals surface area contributed by atoms with E-state index < -0.39 is 17.0 Å². The average Bonchev–Trinajstić information content (AvgIpc) is 3.17. The van der Waals surface area contributed by atoms with E-state index in [-0.39, 0.29) is 23.1 Å². The third-order valence-electron chi connectivity index (χ3n) is 4.53. The molecule has 0 saturated heterocycles. The second-order valence-electron chi connectivity index (χ2n) is 7.28. The Morgan fingerprint density at radius 1 is 1.23 bits per heavy atom. The number of thioether (sulfide) groups is 1. The summed E-state index contributed by atoms with van der Waals surface area (Å²) in [5.74, 6) is -0.597. The zero-order valence-electron chi connectivity index (χ0n) is 17.2. The molecular formula is C19H23N7O3S. The molecule has 3 rings (SSSR count). The Balaban J connectivity index is 1.91. The quantitative estimate of drug-likeness (QED) is 0.435. The van der Waals surface area contributed by atoms with E-state index in [1.54, 1.807) is 0 Å². The van der Waals surface area contributed by atoms with Crippen LogP contribution in [0.2, 0.25) is 0 Å². The maximum Gasteiger partial charge on any atom is 0.332 e. The van der Waals surface area contributed by atoms with Crippen LogP contribution in [0.3, 0.4) is 0 Å². The number of nitrogen functional groups attached to an aromatic ring is 1. The Morgan fingerprint density at radius 2 is 1.93 bits per heavy atom. The van der Waals surface area contributed by atoms with E-state index in [1.165, 1.54) is 16.3 Å². The van der Waals surface area contributed by atoms with Crippen molar-refractivity contribution in [2.45, 2.75) is 32.5 Å². The second-order valence-corrected chi connectivity index (χ2v) is 8.23. The van der Waals surface area contributed by atoms with Crippen molar-refractivity contribution in [1.29, 1.82) is 0 Å². The zero-order chi connectivity index (χ0) is 22.0. The number of carbonyl (C=O) groups excluding carboxylic acids is 1. The molecule has 1 aromatic carbocycles. The van der Waals surface area contributed by atoms with Gasteiger partial charge in [-0.1, -0.05) is 43.8 Å². The van der Waals surface area contributed by atoms with Gasteiger partial charge in [0.05, 0.1) is 11.4 Å². The lowest BCUT2D eigenvalue weighted by molar-refractivity contribution is 0.102. The molecule has 2 heterocycles. The van der Waals surface area contributed by atoms with E-state index in [9.17, 15) is 14.4 Å². The first-order chi connectivity index (χ1) is 14.2. The predicted octanol–water partition coefficient (Wildman–Crippen LogP) is 1.04. The lowest BCUT2D eigenvalue weighted by atomic mass is 10.2. The molecule has 0 atom stereocenters. The predicted molar refractivity (Wildman–Crippen MR) is 114 cm³/mol. The van der Waals surface area contributed by atoms with Crippen LogP contribution in [0.15, 0.2) is 39.0 Å². The van der Waals surface area contributed by atoms with E-state index in [4.69, 9.17) is 5.73 Å². The number of tetrazole rings is 1. The summed E-state index contributed by atoms with van der Waals surface area (Å²) in [7, 11) is 1.34. The molecule has 0 unspecified atom stereocenters. The number of anilines is 1. The summed E-state index contributed by atoms with van der Waals surface area (Å²) in [6, 6.07) is 7.57. The van der Waals surface area contributed by atoms with Crippen LogP contribution in [0.4, 0.5) is 5.82 Å². The number of benzene rings is 1. The summed E-state index contributed by atoms with van der Waals surface area (Å²) in [6.45, 7) is 6.07. The van der Waals surface area contributed by atoms with Crippen molar-refractivity contribution in [2.75, 3.05) is 11.5 Å². The van der Waals surface area contributed by atoms with Crippen LogP contribution < -0.4 is 17.0 Å². The molecule has 0 saturated carbocycles. The van der Waals surface area contributed by atoms with Crippen molar-refractivity contribution >= 4 is 23.4 Å². The number of hydrogen-bond donors (Lipinski definition) is 1. The lowest BCUT2D eigenvalue weighted by Gasteiger charge is -2.16. The first-order valence-corrected chi connectivity index (χ1v) is 10.3. The van der Waals surface area contributed by atoms with Crippen LogP contribution in [0.5, 0.6) is 0 Å². The number of rotatable bonds is 7. The Kier molecular flexibility index (Phi) is 6.20. The summed E-state index contributed by atoms with van der Waals surface area (Å²) in [5, 5.41) is 12.1. The highest BCUT2D eigenvalue weighted by Gasteiger charge is 2.23. The van der Waals surface area contributed by atoms with Gasteiger partial charge in [0.2, 0.25) is 5.16 Å². The van der Waals surface area contributed by atoms with Gasteiger partial charge < -0.3 is 5.73 Å². The molecule has 0 bridgehead atoms. The standard InChI is InChI=1S/C19H23N7O3S/c1-11(2)9-25-16(20)15(17(28)24(4)19(25)29)14(27)10-30-18-21-22-23-26(18)13-8-6-5-7-12(13)3/h5-8,11H,9-10,20H2,1-4H3. The van der Waals surface area contributed by atoms with Gasteiger partial charge in [0.1, 0.15) is 11.4 Å². The molecule has 158 valence electrons.